The highest BCUT2D eigenvalue weighted by molar-refractivity contribution is 9.10. The third-order valence-corrected chi connectivity index (χ3v) is 5.13. The van der Waals surface area contributed by atoms with Crippen molar-refractivity contribution in [3.05, 3.63) is 43.4 Å². The van der Waals surface area contributed by atoms with Gasteiger partial charge in [0, 0.05) is 28.5 Å². The van der Waals surface area contributed by atoms with Crippen LogP contribution in [0.3, 0.4) is 0 Å². The summed E-state index contributed by atoms with van der Waals surface area (Å²) in [4.78, 5) is 15.4. The van der Waals surface area contributed by atoms with E-state index in [4.69, 9.17) is 4.74 Å². The Morgan fingerprint density at radius 3 is 2.85 bits per heavy atom. The van der Waals surface area contributed by atoms with Gasteiger partial charge in [0.25, 0.3) is 5.56 Å². The molecule has 0 aliphatic carbocycles. The Hall–Kier alpha value is -1.18. The molecule has 1 fully saturated rings. The van der Waals surface area contributed by atoms with Crippen molar-refractivity contribution >= 4 is 33.0 Å². The van der Waals surface area contributed by atoms with Gasteiger partial charge in [-0.3, -0.25) is 4.79 Å². The van der Waals surface area contributed by atoms with Crippen molar-refractivity contribution in [3.63, 3.8) is 0 Å². The van der Waals surface area contributed by atoms with E-state index in [1.165, 1.54) is 4.68 Å². The standard InChI is InChI=1S/C13H14BrN3O2S/c14-11-1-6-20-12(11)9-17-13(18)7-10(8-15-17)16-2-4-19-5-3-16/h1,6-8H,2-5,9H2. The zero-order chi connectivity index (χ0) is 13.9. The number of rotatable bonds is 3. The molecule has 2 aromatic rings. The van der Waals surface area contributed by atoms with Gasteiger partial charge in [0.05, 0.1) is 31.6 Å². The van der Waals surface area contributed by atoms with E-state index in [0.717, 1.165) is 28.1 Å². The number of thiophene rings is 1. The van der Waals surface area contributed by atoms with Gasteiger partial charge >= 0.3 is 0 Å². The lowest BCUT2D eigenvalue weighted by Crippen LogP contribution is -2.37. The van der Waals surface area contributed by atoms with Crippen molar-refractivity contribution in [1.82, 2.24) is 9.78 Å². The molecule has 0 atom stereocenters. The zero-order valence-electron chi connectivity index (χ0n) is 10.8. The van der Waals surface area contributed by atoms with Crippen LogP contribution in [-0.4, -0.2) is 36.1 Å². The SMILES string of the molecule is O=c1cc(N2CCOCC2)cnn1Cc1sccc1Br. The summed E-state index contributed by atoms with van der Waals surface area (Å²) in [6, 6.07) is 3.63. The summed E-state index contributed by atoms with van der Waals surface area (Å²) in [6.07, 6.45) is 1.76. The maximum absolute atomic E-state index is 12.2. The maximum atomic E-state index is 12.2. The van der Waals surface area contributed by atoms with E-state index in [2.05, 4.69) is 25.9 Å². The molecule has 7 heteroatoms. The van der Waals surface area contributed by atoms with Crippen LogP contribution >= 0.6 is 27.3 Å². The molecule has 3 rings (SSSR count). The van der Waals surface area contributed by atoms with Gasteiger partial charge in [0.2, 0.25) is 0 Å². The number of halogens is 1. The summed E-state index contributed by atoms with van der Waals surface area (Å²) in [5.41, 5.74) is 0.800. The molecule has 0 radical (unpaired) electrons. The number of aromatic nitrogens is 2. The third kappa shape index (κ3) is 2.94. The lowest BCUT2D eigenvalue weighted by molar-refractivity contribution is 0.122. The second-order valence-corrected chi connectivity index (χ2v) is 6.36. The molecular weight excluding hydrogens is 342 g/mol. The van der Waals surface area contributed by atoms with Crippen molar-refractivity contribution in [1.29, 1.82) is 0 Å². The summed E-state index contributed by atoms with van der Waals surface area (Å²) in [7, 11) is 0. The number of anilines is 1. The fourth-order valence-corrected chi connectivity index (χ4v) is 3.57. The molecule has 3 heterocycles. The van der Waals surface area contributed by atoms with Crippen molar-refractivity contribution in [2.45, 2.75) is 6.54 Å². The zero-order valence-corrected chi connectivity index (χ0v) is 13.2. The van der Waals surface area contributed by atoms with Crippen molar-refractivity contribution in [3.8, 4) is 0 Å². The summed E-state index contributed by atoms with van der Waals surface area (Å²) >= 11 is 5.08. The highest BCUT2D eigenvalue weighted by Gasteiger charge is 2.13. The average molecular weight is 356 g/mol. The van der Waals surface area contributed by atoms with Gasteiger partial charge in [-0.15, -0.1) is 11.3 Å². The first-order chi connectivity index (χ1) is 9.74. The van der Waals surface area contributed by atoms with Crippen molar-refractivity contribution in [2.24, 2.45) is 0 Å². The molecular formula is C13H14BrN3O2S. The van der Waals surface area contributed by atoms with Crippen molar-refractivity contribution < 1.29 is 4.74 Å². The Morgan fingerprint density at radius 1 is 1.40 bits per heavy atom. The van der Waals surface area contributed by atoms with Gasteiger partial charge in [-0.25, -0.2) is 4.68 Å². The van der Waals surface area contributed by atoms with E-state index in [1.54, 1.807) is 23.6 Å². The Kier molecular flexibility index (Phi) is 4.18. The fraction of sp³-hybridized carbons (Fsp3) is 0.385. The summed E-state index contributed by atoms with van der Waals surface area (Å²) in [5, 5.41) is 6.27. The predicted octanol–water partition coefficient (Wildman–Crippen LogP) is 1.95. The minimum absolute atomic E-state index is 0.0747. The average Bonchev–Trinajstić information content (AvgIpc) is 2.87. The molecule has 1 saturated heterocycles. The number of morpholine rings is 1. The number of ether oxygens (including phenoxy) is 1. The Labute approximate surface area is 128 Å². The van der Waals surface area contributed by atoms with Crippen LogP contribution in [0.4, 0.5) is 5.69 Å². The highest BCUT2D eigenvalue weighted by atomic mass is 79.9. The third-order valence-electron chi connectivity index (χ3n) is 3.22. The molecule has 0 saturated carbocycles. The van der Waals surface area contributed by atoms with Gasteiger partial charge in [-0.2, -0.15) is 5.10 Å². The number of hydrogen-bond acceptors (Lipinski definition) is 5. The molecule has 5 nitrogen and oxygen atoms in total. The number of hydrogen-bond donors (Lipinski definition) is 0. The summed E-state index contributed by atoms with van der Waals surface area (Å²) in [5.74, 6) is 0. The van der Waals surface area contributed by atoms with Gasteiger partial charge in [-0.05, 0) is 27.4 Å². The normalized spacial score (nSPS) is 15.6. The monoisotopic (exact) mass is 355 g/mol. The lowest BCUT2D eigenvalue weighted by Gasteiger charge is -2.28. The second-order valence-electron chi connectivity index (χ2n) is 4.50. The van der Waals surface area contributed by atoms with Gasteiger partial charge in [0.15, 0.2) is 0 Å². The topological polar surface area (TPSA) is 47.4 Å². The van der Waals surface area contributed by atoms with Gasteiger partial charge in [-0.1, -0.05) is 0 Å². The molecule has 0 amide bonds. The Balaban J connectivity index is 1.80. The molecule has 106 valence electrons. The van der Waals surface area contributed by atoms with Crippen LogP contribution < -0.4 is 10.5 Å². The highest BCUT2D eigenvalue weighted by Crippen LogP contribution is 2.23. The molecule has 0 spiro atoms. The first-order valence-corrected chi connectivity index (χ1v) is 8.03. The minimum Gasteiger partial charge on any atom is -0.378 e. The van der Waals surface area contributed by atoms with Crippen LogP contribution in [-0.2, 0) is 11.3 Å². The number of nitrogens with zero attached hydrogens (tertiary/aromatic N) is 3. The van der Waals surface area contributed by atoms with Crippen LogP contribution in [0.15, 0.2) is 33.0 Å². The second kappa shape index (κ2) is 6.07. The first kappa shape index (κ1) is 13.8. The van der Waals surface area contributed by atoms with Crippen LogP contribution in [0.25, 0.3) is 0 Å². The largest absolute Gasteiger partial charge is 0.378 e. The summed E-state index contributed by atoms with van der Waals surface area (Å²) < 4.78 is 7.82. The van der Waals surface area contributed by atoms with E-state index in [9.17, 15) is 4.79 Å². The summed E-state index contributed by atoms with van der Waals surface area (Å²) in [6.45, 7) is 3.51. The van der Waals surface area contributed by atoms with E-state index in [0.29, 0.717) is 19.8 Å². The Bertz CT molecular complexity index is 649. The smallest absolute Gasteiger partial charge is 0.269 e. The molecule has 0 unspecified atom stereocenters. The van der Waals surface area contributed by atoms with Crippen molar-refractivity contribution in [2.75, 3.05) is 31.2 Å². The minimum atomic E-state index is -0.0747. The van der Waals surface area contributed by atoms with Gasteiger partial charge in [0.1, 0.15) is 0 Å². The quantitative estimate of drug-likeness (QED) is 0.844. The molecule has 1 aliphatic rings. The molecule has 1 aliphatic heterocycles. The van der Waals surface area contributed by atoms with E-state index in [1.807, 2.05) is 11.4 Å². The maximum Gasteiger partial charge on any atom is 0.269 e. The fourth-order valence-electron chi connectivity index (χ4n) is 2.11. The first-order valence-electron chi connectivity index (χ1n) is 6.36. The van der Waals surface area contributed by atoms with E-state index >= 15 is 0 Å². The molecule has 0 N–H and O–H groups in total. The molecule has 2 aromatic heterocycles. The Morgan fingerprint density at radius 2 is 2.20 bits per heavy atom. The van der Waals surface area contributed by atoms with Crippen LogP contribution in [0.2, 0.25) is 0 Å². The predicted molar refractivity (Wildman–Crippen MR) is 82.7 cm³/mol. The van der Waals surface area contributed by atoms with Crippen LogP contribution in [0.1, 0.15) is 4.88 Å². The van der Waals surface area contributed by atoms with Crippen LogP contribution in [0.5, 0.6) is 0 Å². The molecule has 0 bridgehead atoms. The van der Waals surface area contributed by atoms with Crippen LogP contribution in [0, 0.1) is 0 Å². The van der Waals surface area contributed by atoms with E-state index in [-0.39, 0.29) is 5.56 Å². The van der Waals surface area contributed by atoms with E-state index < -0.39 is 0 Å². The molecule has 20 heavy (non-hydrogen) atoms. The lowest BCUT2D eigenvalue weighted by atomic mass is 10.3. The molecule has 0 aromatic carbocycles. The van der Waals surface area contributed by atoms with Gasteiger partial charge < -0.3 is 9.64 Å².